The van der Waals surface area contributed by atoms with Crippen LogP contribution < -0.4 is 5.32 Å². The van der Waals surface area contributed by atoms with Gasteiger partial charge in [0.15, 0.2) is 10.9 Å². The van der Waals surface area contributed by atoms with E-state index in [1.54, 1.807) is 23.1 Å². The van der Waals surface area contributed by atoms with Crippen molar-refractivity contribution in [1.29, 1.82) is 0 Å². The average Bonchev–Trinajstić information content (AvgIpc) is 3.25. The standard InChI is InChI=1S/C23H21ClN6OS/c1-16-8-9-18(14-19(16)24)30-20(15-32-23-26-11-5-12-27-23)21(28-29-30)22(31)25-13-10-17-6-3-2-4-7-17/h2-9,11-12,14H,10,13,15H2,1H3,(H,25,31). The van der Waals surface area contributed by atoms with Gasteiger partial charge in [-0.25, -0.2) is 14.6 Å². The van der Waals surface area contributed by atoms with Gasteiger partial charge in [-0.05, 0) is 42.7 Å². The van der Waals surface area contributed by atoms with E-state index in [1.807, 2.05) is 55.5 Å². The van der Waals surface area contributed by atoms with Crippen molar-refractivity contribution in [1.82, 2.24) is 30.3 Å². The van der Waals surface area contributed by atoms with Crippen LogP contribution in [0.2, 0.25) is 5.02 Å². The SMILES string of the molecule is Cc1ccc(-n2nnc(C(=O)NCCc3ccccc3)c2CSc2ncccn2)cc1Cl. The van der Waals surface area contributed by atoms with Gasteiger partial charge in [-0.3, -0.25) is 4.79 Å². The van der Waals surface area contributed by atoms with Crippen LogP contribution in [0, 0.1) is 6.92 Å². The van der Waals surface area contributed by atoms with Crippen molar-refractivity contribution in [2.24, 2.45) is 0 Å². The van der Waals surface area contributed by atoms with E-state index in [9.17, 15) is 4.79 Å². The smallest absolute Gasteiger partial charge is 0.273 e. The number of carbonyl (C=O) groups is 1. The van der Waals surface area contributed by atoms with E-state index in [-0.39, 0.29) is 11.6 Å². The van der Waals surface area contributed by atoms with Crippen molar-refractivity contribution in [3.05, 3.63) is 94.5 Å². The Balaban J connectivity index is 1.56. The average molecular weight is 465 g/mol. The Bertz CT molecular complexity index is 1200. The molecule has 0 spiro atoms. The number of thioether (sulfide) groups is 1. The van der Waals surface area contributed by atoms with Crippen molar-refractivity contribution in [2.45, 2.75) is 24.3 Å². The minimum absolute atomic E-state index is 0.269. The Morgan fingerprint density at radius 1 is 1.09 bits per heavy atom. The zero-order valence-corrected chi connectivity index (χ0v) is 19.0. The zero-order chi connectivity index (χ0) is 22.3. The van der Waals surface area contributed by atoms with Crippen LogP contribution in [0.3, 0.4) is 0 Å². The van der Waals surface area contributed by atoms with Crippen LogP contribution >= 0.6 is 23.4 Å². The number of hydrogen-bond acceptors (Lipinski definition) is 6. The third kappa shape index (κ3) is 5.33. The number of carbonyl (C=O) groups excluding carboxylic acids is 1. The van der Waals surface area contributed by atoms with Gasteiger partial charge in [0.05, 0.1) is 11.4 Å². The summed E-state index contributed by atoms with van der Waals surface area (Å²) in [5, 5.41) is 12.6. The lowest BCUT2D eigenvalue weighted by atomic mass is 10.1. The fourth-order valence-corrected chi connectivity index (χ4v) is 4.04. The number of benzene rings is 2. The first-order valence-corrected chi connectivity index (χ1v) is 11.4. The third-order valence-electron chi connectivity index (χ3n) is 4.80. The van der Waals surface area contributed by atoms with Gasteiger partial charge >= 0.3 is 0 Å². The van der Waals surface area contributed by atoms with Crippen LogP contribution in [0.4, 0.5) is 0 Å². The third-order valence-corrected chi connectivity index (χ3v) is 6.09. The largest absolute Gasteiger partial charge is 0.350 e. The summed E-state index contributed by atoms with van der Waals surface area (Å²) in [6.45, 7) is 2.43. The van der Waals surface area contributed by atoms with Crippen molar-refractivity contribution < 1.29 is 4.79 Å². The van der Waals surface area contributed by atoms with Gasteiger partial charge in [0, 0.05) is 29.7 Å². The van der Waals surface area contributed by atoms with Gasteiger partial charge in [-0.15, -0.1) is 5.10 Å². The molecular formula is C23H21ClN6OS. The minimum atomic E-state index is -0.269. The Morgan fingerprint density at radius 3 is 2.62 bits per heavy atom. The maximum atomic E-state index is 12.9. The molecule has 0 atom stereocenters. The van der Waals surface area contributed by atoms with Crippen LogP contribution in [0.5, 0.6) is 0 Å². The molecule has 0 aliphatic heterocycles. The first kappa shape index (κ1) is 22.0. The van der Waals surface area contributed by atoms with Crippen LogP contribution in [0.25, 0.3) is 5.69 Å². The first-order chi connectivity index (χ1) is 15.6. The number of hydrogen-bond donors (Lipinski definition) is 1. The van der Waals surface area contributed by atoms with Gasteiger partial charge < -0.3 is 5.32 Å². The Labute approximate surface area is 195 Å². The molecule has 162 valence electrons. The second-order valence-corrected chi connectivity index (χ2v) is 8.39. The predicted octanol–water partition coefficient (Wildman–Crippen LogP) is 4.28. The van der Waals surface area contributed by atoms with Crippen LogP contribution in [0.15, 0.2) is 72.1 Å². The second kappa shape index (κ2) is 10.4. The maximum absolute atomic E-state index is 12.9. The second-order valence-electron chi connectivity index (χ2n) is 7.04. The fraction of sp³-hybridized carbons (Fsp3) is 0.174. The number of nitrogens with zero attached hydrogens (tertiary/aromatic N) is 5. The van der Waals surface area contributed by atoms with E-state index in [0.717, 1.165) is 23.2 Å². The molecule has 0 aliphatic rings. The molecule has 0 aliphatic carbocycles. The number of nitrogens with one attached hydrogen (secondary N) is 1. The molecule has 0 bridgehead atoms. The van der Waals surface area contributed by atoms with Gasteiger partial charge in [-0.2, -0.15) is 0 Å². The molecule has 7 nitrogen and oxygen atoms in total. The molecule has 4 aromatic rings. The van der Waals surface area contributed by atoms with E-state index < -0.39 is 0 Å². The van der Waals surface area contributed by atoms with E-state index in [2.05, 4.69) is 25.6 Å². The zero-order valence-electron chi connectivity index (χ0n) is 17.4. The summed E-state index contributed by atoms with van der Waals surface area (Å²) in [4.78, 5) is 21.4. The summed E-state index contributed by atoms with van der Waals surface area (Å²) in [6.07, 6.45) is 4.10. The highest BCUT2D eigenvalue weighted by Crippen LogP contribution is 2.25. The van der Waals surface area contributed by atoms with Gasteiger partial charge in [0.1, 0.15) is 0 Å². The highest BCUT2D eigenvalue weighted by molar-refractivity contribution is 7.98. The number of halogens is 1. The topological polar surface area (TPSA) is 85.6 Å². The molecule has 9 heteroatoms. The van der Waals surface area contributed by atoms with E-state index >= 15 is 0 Å². The van der Waals surface area contributed by atoms with Crippen LogP contribution in [0.1, 0.15) is 27.3 Å². The van der Waals surface area contributed by atoms with Gasteiger partial charge in [0.25, 0.3) is 5.91 Å². The molecule has 1 amide bonds. The lowest BCUT2D eigenvalue weighted by molar-refractivity contribution is 0.0948. The summed E-state index contributed by atoms with van der Waals surface area (Å²) in [5.74, 6) is 0.152. The Morgan fingerprint density at radius 2 is 1.88 bits per heavy atom. The molecule has 0 radical (unpaired) electrons. The van der Waals surface area contributed by atoms with E-state index in [1.165, 1.54) is 11.8 Å². The summed E-state index contributed by atoms with van der Waals surface area (Å²) < 4.78 is 1.65. The molecule has 4 rings (SSSR count). The molecule has 1 N–H and O–H groups in total. The highest BCUT2D eigenvalue weighted by Gasteiger charge is 2.21. The number of amides is 1. The summed E-state index contributed by atoms with van der Waals surface area (Å²) in [5.41, 5.74) is 3.78. The molecule has 0 fully saturated rings. The molecule has 0 saturated carbocycles. The van der Waals surface area contributed by atoms with Crippen LogP contribution in [-0.2, 0) is 12.2 Å². The lowest BCUT2D eigenvalue weighted by Crippen LogP contribution is -2.27. The minimum Gasteiger partial charge on any atom is -0.350 e. The molecule has 2 aromatic carbocycles. The lowest BCUT2D eigenvalue weighted by Gasteiger charge is -2.09. The monoisotopic (exact) mass is 464 g/mol. The Hall–Kier alpha value is -3.23. The van der Waals surface area contributed by atoms with Crippen molar-refractivity contribution in [3.8, 4) is 5.69 Å². The van der Waals surface area contributed by atoms with Crippen molar-refractivity contribution in [2.75, 3.05) is 6.54 Å². The van der Waals surface area contributed by atoms with E-state index in [0.29, 0.717) is 28.2 Å². The van der Waals surface area contributed by atoms with Crippen molar-refractivity contribution in [3.63, 3.8) is 0 Å². The molecule has 2 aromatic heterocycles. The van der Waals surface area contributed by atoms with E-state index in [4.69, 9.17) is 11.6 Å². The van der Waals surface area contributed by atoms with Crippen molar-refractivity contribution >= 4 is 29.3 Å². The number of rotatable bonds is 8. The van der Waals surface area contributed by atoms with Crippen LogP contribution in [-0.4, -0.2) is 37.4 Å². The quantitative estimate of drug-likeness (QED) is 0.309. The fourth-order valence-electron chi connectivity index (χ4n) is 3.07. The molecular weight excluding hydrogens is 444 g/mol. The molecule has 0 saturated heterocycles. The number of aryl methyl sites for hydroxylation is 1. The molecule has 32 heavy (non-hydrogen) atoms. The Kier molecular flexibility index (Phi) is 7.14. The summed E-state index contributed by atoms with van der Waals surface area (Å²) >= 11 is 7.73. The highest BCUT2D eigenvalue weighted by atomic mass is 35.5. The first-order valence-electron chi connectivity index (χ1n) is 10.0. The molecule has 2 heterocycles. The van der Waals surface area contributed by atoms with Gasteiger partial charge in [-0.1, -0.05) is 65.0 Å². The maximum Gasteiger partial charge on any atom is 0.273 e. The summed E-state index contributed by atoms with van der Waals surface area (Å²) in [6, 6.07) is 17.4. The predicted molar refractivity (Wildman–Crippen MR) is 125 cm³/mol. The molecule has 0 unspecified atom stereocenters. The normalized spacial score (nSPS) is 10.8. The summed E-state index contributed by atoms with van der Waals surface area (Å²) in [7, 11) is 0. The van der Waals surface area contributed by atoms with Gasteiger partial charge in [0.2, 0.25) is 0 Å². The number of aromatic nitrogens is 5.